The number of para-hydroxylation sites is 1. The Kier molecular flexibility index (Phi) is 8.16. The first-order valence-corrected chi connectivity index (χ1v) is 16.8. The molecular formula is C33H31F2N5O6S. The summed E-state index contributed by atoms with van der Waals surface area (Å²) in [4.78, 5) is 50.4. The van der Waals surface area contributed by atoms with Crippen LogP contribution in [0.1, 0.15) is 38.2 Å². The number of anilines is 1. The molecule has 1 saturated carbocycles. The number of piperazine rings is 1. The molecule has 4 aromatic rings. The quantitative estimate of drug-likeness (QED) is 0.163. The first kappa shape index (κ1) is 32.0. The van der Waals surface area contributed by atoms with Gasteiger partial charge in [-0.2, -0.15) is 4.98 Å². The van der Waals surface area contributed by atoms with Crippen molar-refractivity contribution in [3.05, 3.63) is 82.8 Å². The molecule has 11 nitrogen and oxygen atoms in total. The molecule has 0 spiro atoms. The molecule has 14 heteroatoms. The number of esters is 1. The molecule has 6 rings (SSSR count). The molecule has 244 valence electrons. The van der Waals surface area contributed by atoms with Crippen molar-refractivity contribution in [1.82, 2.24) is 19.4 Å². The number of nitrogens with zero attached hydrogens (tertiary/aromatic N) is 5. The van der Waals surface area contributed by atoms with Crippen molar-refractivity contribution in [2.24, 2.45) is 0 Å². The Morgan fingerprint density at radius 1 is 1.06 bits per heavy atom. The normalized spacial score (nSPS) is 16.7. The number of carbonyl (C=O) groups is 2. The minimum Gasteiger partial charge on any atom is -0.426 e. The van der Waals surface area contributed by atoms with E-state index in [1.807, 2.05) is 6.92 Å². The number of fused-ring (bicyclic) bond motifs is 1. The number of halogens is 2. The van der Waals surface area contributed by atoms with Crippen molar-refractivity contribution in [1.29, 1.82) is 0 Å². The lowest BCUT2D eigenvalue weighted by molar-refractivity contribution is -0.132. The van der Waals surface area contributed by atoms with Crippen molar-refractivity contribution >= 4 is 38.6 Å². The van der Waals surface area contributed by atoms with E-state index < -0.39 is 44.4 Å². The number of aromatic nitrogens is 3. The maximum Gasteiger partial charge on any atom is 0.355 e. The molecular weight excluding hydrogens is 632 g/mol. The number of sulfone groups is 1. The van der Waals surface area contributed by atoms with E-state index in [-0.39, 0.29) is 70.7 Å². The van der Waals surface area contributed by atoms with Crippen molar-refractivity contribution in [3.8, 4) is 22.7 Å². The maximum atomic E-state index is 16.2. The van der Waals surface area contributed by atoms with Crippen LogP contribution in [0, 0.1) is 11.6 Å². The first-order valence-electron chi connectivity index (χ1n) is 14.9. The third-order valence-electron chi connectivity index (χ3n) is 8.32. The van der Waals surface area contributed by atoms with Gasteiger partial charge in [-0.1, -0.05) is 24.8 Å². The summed E-state index contributed by atoms with van der Waals surface area (Å²) in [7, 11) is -3.91. The second-order valence-corrected chi connectivity index (χ2v) is 13.7. The lowest BCUT2D eigenvalue weighted by atomic mass is 10.1. The van der Waals surface area contributed by atoms with E-state index >= 15 is 8.78 Å². The fraction of sp³-hybridized carbons (Fsp3) is 0.303. The zero-order valence-corrected chi connectivity index (χ0v) is 26.7. The lowest BCUT2D eigenvalue weighted by Gasteiger charge is -2.40. The molecule has 3 heterocycles. The largest absolute Gasteiger partial charge is 0.426 e. The average molecular weight is 664 g/mol. The second kappa shape index (κ2) is 12.0. The molecule has 1 aliphatic heterocycles. The van der Waals surface area contributed by atoms with Gasteiger partial charge in [0.1, 0.15) is 23.1 Å². The molecule has 2 aliphatic rings. The molecule has 1 aliphatic carbocycles. The van der Waals surface area contributed by atoms with Crippen molar-refractivity contribution in [2.75, 3.05) is 30.8 Å². The standard InChI is InChI=1S/C33H31F2N5O6S/c1-5-27(42)38-14-15-39(18(2)17-38)31-22-16-24(35)29(28-23(34)9-7-10-25(28)46-19(3)41)36-32(22)40(33(43)37-31)30-21(20-12-13-20)8-6-11-26(30)47(4,44)45/h5-11,16,18,20H,1,12-15,17H2,2-4H3/t18-/m0/s1. The Morgan fingerprint density at radius 3 is 2.43 bits per heavy atom. The van der Waals surface area contributed by atoms with Gasteiger partial charge in [-0.3, -0.25) is 9.59 Å². The Morgan fingerprint density at radius 2 is 1.79 bits per heavy atom. The highest BCUT2D eigenvalue weighted by molar-refractivity contribution is 7.90. The van der Waals surface area contributed by atoms with Gasteiger partial charge in [-0.05, 0) is 61.6 Å². The summed E-state index contributed by atoms with van der Waals surface area (Å²) in [5.41, 5.74) is -1.46. The van der Waals surface area contributed by atoms with E-state index in [0.29, 0.717) is 5.56 Å². The summed E-state index contributed by atoms with van der Waals surface area (Å²) in [5.74, 6) is -3.25. The van der Waals surface area contributed by atoms with Gasteiger partial charge >= 0.3 is 11.7 Å². The third-order valence-corrected chi connectivity index (χ3v) is 9.45. The molecule has 0 radical (unpaired) electrons. The van der Waals surface area contributed by atoms with Crippen LogP contribution in [0.4, 0.5) is 14.6 Å². The topological polar surface area (TPSA) is 132 Å². The Bertz CT molecular complexity index is 2150. The van der Waals surface area contributed by atoms with Gasteiger partial charge in [0.05, 0.1) is 21.5 Å². The molecule has 2 fully saturated rings. The summed E-state index contributed by atoms with van der Waals surface area (Å²) in [6.45, 7) is 7.22. The van der Waals surface area contributed by atoms with Crippen LogP contribution < -0.4 is 15.3 Å². The highest BCUT2D eigenvalue weighted by atomic mass is 32.2. The van der Waals surface area contributed by atoms with Crippen LogP contribution >= 0.6 is 0 Å². The van der Waals surface area contributed by atoms with Crippen LogP contribution in [0.15, 0.2) is 64.8 Å². The molecule has 1 amide bonds. The van der Waals surface area contributed by atoms with Crippen LogP contribution in [-0.2, 0) is 19.4 Å². The number of hydrogen-bond donors (Lipinski definition) is 0. The van der Waals surface area contributed by atoms with Crippen LogP contribution in [-0.4, -0.2) is 71.7 Å². The van der Waals surface area contributed by atoms with Gasteiger partial charge in [-0.25, -0.2) is 31.5 Å². The second-order valence-electron chi connectivity index (χ2n) is 11.7. The Hall–Kier alpha value is -4.98. The number of benzene rings is 2. The number of carbonyl (C=O) groups excluding carboxylic acids is 2. The van der Waals surface area contributed by atoms with Crippen LogP contribution in [0.3, 0.4) is 0 Å². The summed E-state index contributed by atoms with van der Waals surface area (Å²) in [5, 5.41) is 0.0524. The highest BCUT2D eigenvalue weighted by Crippen LogP contribution is 2.45. The summed E-state index contributed by atoms with van der Waals surface area (Å²) in [6, 6.07) is 9.00. The molecule has 47 heavy (non-hydrogen) atoms. The van der Waals surface area contributed by atoms with Crippen molar-refractivity contribution < 1.29 is 31.5 Å². The molecule has 0 N–H and O–H groups in total. The first-order chi connectivity index (χ1) is 22.3. The highest BCUT2D eigenvalue weighted by Gasteiger charge is 2.34. The number of hydrogen-bond acceptors (Lipinski definition) is 9. The predicted octanol–water partition coefficient (Wildman–Crippen LogP) is 4.16. The number of rotatable bonds is 7. The minimum atomic E-state index is -3.91. The molecule has 1 atom stereocenters. The van der Waals surface area contributed by atoms with Gasteiger partial charge in [0.15, 0.2) is 21.3 Å². The average Bonchev–Trinajstić information content (AvgIpc) is 3.85. The minimum absolute atomic E-state index is 0.0362. The SMILES string of the molecule is C=CC(=O)N1CCN(c2nc(=O)n(-c3c(C4CC4)cccc3S(C)(=O)=O)c3nc(-c4c(F)cccc4OC(C)=O)c(F)cc23)[C@@H](C)C1. The smallest absolute Gasteiger partial charge is 0.355 e. The maximum absolute atomic E-state index is 16.2. The summed E-state index contributed by atoms with van der Waals surface area (Å²) in [6.07, 6.45) is 3.75. The number of amides is 1. The number of ether oxygens (including phenoxy) is 1. The number of pyridine rings is 1. The molecule has 0 bridgehead atoms. The van der Waals surface area contributed by atoms with Gasteiger partial charge in [0.2, 0.25) is 5.91 Å². The van der Waals surface area contributed by atoms with Gasteiger partial charge in [-0.15, -0.1) is 0 Å². The van der Waals surface area contributed by atoms with E-state index in [4.69, 9.17) is 4.74 Å². The zero-order chi connectivity index (χ0) is 33.8. The van der Waals surface area contributed by atoms with Crippen molar-refractivity contribution in [2.45, 2.75) is 43.5 Å². The molecule has 1 saturated heterocycles. The summed E-state index contributed by atoms with van der Waals surface area (Å²) < 4.78 is 64.1. The zero-order valence-electron chi connectivity index (χ0n) is 25.9. The fourth-order valence-corrected chi connectivity index (χ4v) is 6.96. The lowest BCUT2D eigenvalue weighted by Crippen LogP contribution is -2.54. The van der Waals surface area contributed by atoms with E-state index in [2.05, 4.69) is 16.5 Å². The Labute approximate surface area is 269 Å². The van der Waals surface area contributed by atoms with E-state index in [0.717, 1.165) is 42.7 Å². The molecule has 2 aromatic carbocycles. The van der Waals surface area contributed by atoms with Gasteiger partial charge in [0.25, 0.3) is 0 Å². The predicted molar refractivity (Wildman–Crippen MR) is 170 cm³/mol. The van der Waals surface area contributed by atoms with E-state index in [1.54, 1.807) is 21.9 Å². The van der Waals surface area contributed by atoms with Crippen LogP contribution in [0.2, 0.25) is 0 Å². The summed E-state index contributed by atoms with van der Waals surface area (Å²) >= 11 is 0. The van der Waals surface area contributed by atoms with Crippen molar-refractivity contribution in [3.63, 3.8) is 0 Å². The molecule has 2 aromatic heterocycles. The van der Waals surface area contributed by atoms with Crippen LogP contribution in [0.25, 0.3) is 28.0 Å². The molecule has 0 unspecified atom stereocenters. The van der Waals surface area contributed by atoms with E-state index in [1.165, 1.54) is 24.3 Å². The van der Waals surface area contributed by atoms with Gasteiger partial charge in [0, 0.05) is 38.9 Å². The van der Waals surface area contributed by atoms with Gasteiger partial charge < -0.3 is 14.5 Å². The monoisotopic (exact) mass is 663 g/mol. The fourth-order valence-electron chi connectivity index (χ4n) is 6.08. The third kappa shape index (κ3) is 5.88. The Balaban J connectivity index is 1.69. The van der Waals surface area contributed by atoms with E-state index in [9.17, 15) is 22.8 Å². The van der Waals surface area contributed by atoms with Crippen LogP contribution in [0.5, 0.6) is 5.75 Å².